The summed E-state index contributed by atoms with van der Waals surface area (Å²) in [6.07, 6.45) is -0.553. The van der Waals surface area contributed by atoms with Crippen molar-refractivity contribution in [3.8, 4) is 5.75 Å². The Morgan fingerprint density at radius 1 is 1.26 bits per heavy atom. The number of ether oxygens (including phenoxy) is 3. The first-order valence-corrected chi connectivity index (χ1v) is 11.1. The summed E-state index contributed by atoms with van der Waals surface area (Å²) >= 11 is 0. The molecule has 0 bridgehead atoms. The van der Waals surface area contributed by atoms with Crippen LogP contribution in [0.4, 0.5) is 10.5 Å². The molecule has 1 aromatic heterocycles. The molecular formula is C23H27N5O7. The monoisotopic (exact) mass is 485 g/mol. The van der Waals surface area contributed by atoms with E-state index in [4.69, 9.17) is 14.2 Å². The van der Waals surface area contributed by atoms with E-state index in [0.29, 0.717) is 23.6 Å². The number of morpholine rings is 1. The van der Waals surface area contributed by atoms with Crippen molar-refractivity contribution in [3.05, 3.63) is 51.7 Å². The Bertz CT molecular complexity index is 1200. The number of hydrogen-bond acceptors (Lipinski definition) is 8. The quantitative estimate of drug-likeness (QED) is 0.587. The summed E-state index contributed by atoms with van der Waals surface area (Å²) in [5.41, 5.74) is 0.207. The van der Waals surface area contributed by atoms with Gasteiger partial charge in [0.2, 0.25) is 0 Å². The molecule has 0 aliphatic carbocycles. The van der Waals surface area contributed by atoms with E-state index in [9.17, 15) is 19.2 Å². The summed E-state index contributed by atoms with van der Waals surface area (Å²) in [5.74, 6) is -0.522. The molecule has 3 N–H and O–H groups in total. The van der Waals surface area contributed by atoms with E-state index in [-0.39, 0.29) is 43.7 Å². The molecule has 3 amide bonds. The number of amides is 3. The Kier molecular flexibility index (Phi) is 6.74. The van der Waals surface area contributed by atoms with Gasteiger partial charge in [-0.25, -0.2) is 9.78 Å². The highest BCUT2D eigenvalue weighted by molar-refractivity contribution is 5.95. The molecule has 12 nitrogen and oxygen atoms in total. The first-order chi connectivity index (χ1) is 16.6. The summed E-state index contributed by atoms with van der Waals surface area (Å²) in [6, 6.07) is 5.69. The Labute approximate surface area is 201 Å². The largest absolute Gasteiger partial charge is 0.482 e. The molecular weight excluding hydrogens is 458 g/mol. The topological polar surface area (TPSA) is 152 Å². The second-order valence-electron chi connectivity index (χ2n) is 9.13. The fraction of sp³-hybridized carbons (Fsp3) is 0.435. The van der Waals surface area contributed by atoms with Gasteiger partial charge < -0.3 is 29.8 Å². The number of H-pyrrole nitrogens is 1. The Morgan fingerprint density at radius 3 is 2.83 bits per heavy atom. The number of nitrogens with zero attached hydrogens (tertiary/aromatic N) is 2. The van der Waals surface area contributed by atoms with Crippen molar-refractivity contribution in [2.24, 2.45) is 0 Å². The van der Waals surface area contributed by atoms with Crippen LogP contribution in [0.25, 0.3) is 0 Å². The minimum atomic E-state index is -0.696. The zero-order valence-corrected chi connectivity index (χ0v) is 19.7. The van der Waals surface area contributed by atoms with Gasteiger partial charge in [0, 0.05) is 19.2 Å². The molecule has 2 aliphatic heterocycles. The van der Waals surface area contributed by atoms with Crippen LogP contribution in [0.15, 0.2) is 29.1 Å². The highest BCUT2D eigenvalue weighted by Crippen LogP contribution is 2.28. The van der Waals surface area contributed by atoms with Gasteiger partial charge in [0.1, 0.15) is 17.4 Å². The first-order valence-electron chi connectivity index (χ1n) is 11.1. The summed E-state index contributed by atoms with van der Waals surface area (Å²) < 4.78 is 16.3. The summed E-state index contributed by atoms with van der Waals surface area (Å²) in [4.78, 5) is 57.5. The van der Waals surface area contributed by atoms with Crippen LogP contribution in [0.1, 0.15) is 48.7 Å². The van der Waals surface area contributed by atoms with Gasteiger partial charge in [-0.2, -0.15) is 0 Å². The second kappa shape index (κ2) is 9.74. The van der Waals surface area contributed by atoms with Crippen LogP contribution in [-0.2, 0) is 20.8 Å². The molecule has 186 valence electrons. The van der Waals surface area contributed by atoms with E-state index in [1.54, 1.807) is 39.0 Å². The Morgan fingerprint density at radius 2 is 2.06 bits per heavy atom. The van der Waals surface area contributed by atoms with Gasteiger partial charge in [-0.15, -0.1) is 0 Å². The number of carbonyl (C=O) groups excluding carboxylic acids is 3. The van der Waals surface area contributed by atoms with Gasteiger partial charge in [0.05, 0.1) is 24.6 Å². The molecule has 12 heteroatoms. The van der Waals surface area contributed by atoms with Crippen LogP contribution in [0.3, 0.4) is 0 Å². The van der Waals surface area contributed by atoms with Gasteiger partial charge in [-0.05, 0) is 38.5 Å². The first kappa shape index (κ1) is 24.2. The van der Waals surface area contributed by atoms with Gasteiger partial charge in [0.15, 0.2) is 12.4 Å². The summed E-state index contributed by atoms with van der Waals surface area (Å²) in [7, 11) is 0. The van der Waals surface area contributed by atoms with Crippen molar-refractivity contribution in [2.75, 3.05) is 31.7 Å². The Balaban J connectivity index is 1.49. The standard InChI is InChI=1S/C23H27N5O7/c1-23(2,3)35-22(32)28-6-7-33-11-16(28)14-9-18(29)27-20(26-14)21(31)24-10-13-4-5-17-15(8-13)25-19(30)12-34-17/h4-5,8-9,16H,6-7,10-12H2,1-3H3,(H,24,31)(H,25,30)(H,26,27,29). The number of carbonyl (C=O) groups is 3. The van der Waals surface area contributed by atoms with Crippen molar-refractivity contribution < 1.29 is 28.6 Å². The molecule has 1 aromatic carbocycles. The van der Waals surface area contributed by atoms with Crippen molar-refractivity contribution >= 4 is 23.6 Å². The van der Waals surface area contributed by atoms with Gasteiger partial charge in [-0.1, -0.05) is 6.07 Å². The maximum Gasteiger partial charge on any atom is 0.411 e. The molecule has 0 spiro atoms. The lowest BCUT2D eigenvalue weighted by Crippen LogP contribution is -2.46. The minimum Gasteiger partial charge on any atom is -0.482 e. The van der Waals surface area contributed by atoms with Gasteiger partial charge in [-0.3, -0.25) is 19.3 Å². The predicted octanol–water partition coefficient (Wildman–Crippen LogP) is 1.34. The molecule has 1 saturated heterocycles. The Hall–Kier alpha value is -3.93. The van der Waals surface area contributed by atoms with Crippen molar-refractivity contribution in [1.82, 2.24) is 20.2 Å². The van der Waals surface area contributed by atoms with E-state index >= 15 is 0 Å². The van der Waals surface area contributed by atoms with Gasteiger partial charge >= 0.3 is 6.09 Å². The van der Waals surface area contributed by atoms with Crippen molar-refractivity contribution in [2.45, 2.75) is 39.0 Å². The number of rotatable bonds is 4. The van der Waals surface area contributed by atoms with Crippen molar-refractivity contribution in [3.63, 3.8) is 0 Å². The average Bonchev–Trinajstić information content (AvgIpc) is 2.80. The van der Waals surface area contributed by atoms with E-state index in [1.165, 1.54) is 11.0 Å². The maximum atomic E-state index is 12.8. The molecule has 1 fully saturated rings. The van der Waals surface area contributed by atoms with Crippen LogP contribution in [0, 0.1) is 0 Å². The average molecular weight is 485 g/mol. The van der Waals surface area contributed by atoms with Crippen LogP contribution in [0.5, 0.6) is 5.75 Å². The predicted molar refractivity (Wildman–Crippen MR) is 123 cm³/mol. The van der Waals surface area contributed by atoms with Gasteiger partial charge in [0.25, 0.3) is 17.4 Å². The number of aromatic amines is 1. The fourth-order valence-corrected chi connectivity index (χ4v) is 3.65. The molecule has 0 saturated carbocycles. The van der Waals surface area contributed by atoms with E-state index < -0.39 is 29.2 Å². The number of aromatic nitrogens is 2. The lowest BCUT2D eigenvalue weighted by Gasteiger charge is -2.36. The molecule has 0 radical (unpaired) electrons. The zero-order chi connectivity index (χ0) is 25.2. The molecule has 1 atom stereocenters. The highest BCUT2D eigenvalue weighted by atomic mass is 16.6. The normalized spacial score (nSPS) is 17.6. The number of benzene rings is 1. The van der Waals surface area contributed by atoms with Crippen LogP contribution in [0.2, 0.25) is 0 Å². The fourth-order valence-electron chi connectivity index (χ4n) is 3.65. The third-order valence-corrected chi connectivity index (χ3v) is 5.20. The lowest BCUT2D eigenvalue weighted by molar-refractivity contribution is -0.118. The van der Waals surface area contributed by atoms with Crippen LogP contribution < -0.4 is 20.9 Å². The van der Waals surface area contributed by atoms with E-state index in [0.717, 1.165) is 0 Å². The second-order valence-corrected chi connectivity index (χ2v) is 9.13. The lowest BCUT2D eigenvalue weighted by atomic mass is 10.1. The van der Waals surface area contributed by atoms with Crippen LogP contribution >= 0.6 is 0 Å². The minimum absolute atomic E-state index is 0.0458. The van der Waals surface area contributed by atoms with E-state index in [2.05, 4.69) is 20.6 Å². The molecule has 35 heavy (non-hydrogen) atoms. The summed E-state index contributed by atoms with van der Waals surface area (Å²) in [6.45, 7) is 6.04. The van der Waals surface area contributed by atoms with E-state index in [1.807, 2.05) is 0 Å². The molecule has 4 rings (SSSR count). The number of anilines is 1. The third-order valence-electron chi connectivity index (χ3n) is 5.20. The number of hydrogen-bond donors (Lipinski definition) is 3. The highest BCUT2D eigenvalue weighted by Gasteiger charge is 2.33. The number of fused-ring (bicyclic) bond motifs is 1. The molecule has 1 unspecified atom stereocenters. The molecule has 2 aliphatic rings. The number of nitrogens with one attached hydrogen (secondary N) is 3. The third kappa shape index (κ3) is 5.96. The summed E-state index contributed by atoms with van der Waals surface area (Å²) in [5, 5.41) is 5.40. The van der Waals surface area contributed by atoms with Crippen molar-refractivity contribution in [1.29, 1.82) is 0 Å². The molecule has 2 aromatic rings. The maximum absolute atomic E-state index is 12.8. The molecule has 3 heterocycles. The SMILES string of the molecule is CC(C)(C)OC(=O)N1CCOCC1c1cc(=O)[nH]c(C(=O)NCc2ccc3c(c2)NC(=O)CO3)n1. The zero-order valence-electron chi connectivity index (χ0n) is 19.7. The smallest absolute Gasteiger partial charge is 0.411 e. The van der Waals surface area contributed by atoms with Crippen LogP contribution in [-0.4, -0.2) is 64.7 Å².